The molecule has 1 N–H and O–H groups in total. The average Bonchev–Trinajstić information content (AvgIpc) is 2.08. The summed E-state index contributed by atoms with van der Waals surface area (Å²) in [5.74, 6) is 0. The van der Waals surface area contributed by atoms with E-state index >= 15 is 0 Å². The minimum atomic E-state index is -4.19. The second-order valence-corrected chi connectivity index (χ2v) is 6.49. The van der Waals surface area contributed by atoms with Crippen LogP contribution in [-0.2, 0) is 11.0 Å². The molecule has 0 aliphatic carbocycles. The van der Waals surface area contributed by atoms with Gasteiger partial charge in [-0.3, -0.25) is 0 Å². The van der Waals surface area contributed by atoms with Crippen molar-refractivity contribution < 1.29 is 17.4 Å². The van der Waals surface area contributed by atoms with E-state index in [4.69, 9.17) is 0 Å². The van der Waals surface area contributed by atoms with Crippen LogP contribution in [0.2, 0.25) is 0 Å². The Balaban J connectivity index is 4.22. The largest absolute Gasteiger partial charge is 0.389 e. The van der Waals surface area contributed by atoms with Gasteiger partial charge in [0.05, 0.1) is 15.7 Å². The highest BCUT2D eigenvalue weighted by atomic mass is 32.2. The summed E-state index contributed by atoms with van der Waals surface area (Å²) in [5, 5.41) is 0. The Morgan fingerprint density at radius 2 is 1.88 bits per heavy atom. The normalized spacial score (nSPS) is 16.9. The molecule has 0 bridgehead atoms. The Hall–Kier alpha value is -0.360. The zero-order valence-electron chi connectivity index (χ0n) is 9.73. The number of rotatable bonds is 5. The molecule has 0 aliphatic heterocycles. The third-order valence-electron chi connectivity index (χ3n) is 1.84. The molecule has 0 aromatic heterocycles. The summed E-state index contributed by atoms with van der Waals surface area (Å²) < 4.78 is 49.7. The SMILES string of the molecule is C=C[C@H](CCC(F)(F)F)NS(=O)C(C)(C)C. The van der Waals surface area contributed by atoms with Crippen LogP contribution >= 0.6 is 0 Å². The summed E-state index contributed by atoms with van der Waals surface area (Å²) in [6.45, 7) is 8.68. The van der Waals surface area contributed by atoms with Crippen molar-refractivity contribution in [1.29, 1.82) is 0 Å². The van der Waals surface area contributed by atoms with Gasteiger partial charge in [0.2, 0.25) is 0 Å². The van der Waals surface area contributed by atoms with E-state index in [1.807, 2.05) is 0 Å². The summed E-state index contributed by atoms with van der Waals surface area (Å²) in [6.07, 6.45) is -3.88. The minimum Gasteiger partial charge on any atom is -0.242 e. The van der Waals surface area contributed by atoms with Gasteiger partial charge in [0.1, 0.15) is 0 Å². The van der Waals surface area contributed by atoms with E-state index in [9.17, 15) is 17.4 Å². The molecule has 0 saturated heterocycles. The molecule has 2 atom stereocenters. The zero-order valence-corrected chi connectivity index (χ0v) is 10.5. The van der Waals surface area contributed by atoms with Crippen LogP contribution in [0, 0.1) is 0 Å². The van der Waals surface area contributed by atoms with Gasteiger partial charge in [0, 0.05) is 12.5 Å². The number of nitrogens with one attached hydrogen (secondary N) is 1. The van der Waals surface area contributed by atoms with Gasteiger partial charge in [0.15, 0.2) is 0 Å². The maximum atomic E-state index is 12.0. The van der Waals surface area contributed by atoms with E-state index < -0.39 is 34.4 Å². The number of alkyl halides is 3. The predicted molar refractivity (Wildman–Crippen MR) is 60.3 cm³/mol. The minimum absolute atomic E-state index is 0.144. The second-order valence-electron chi connectivity index (χ2n) is 4.50. The lowest BCUT2D eigenvalue weighted by atomic mass is 10.2. The molecule has 0 aromatic carbocycles. The molecular weight excluding hydrogens is 239 g/mol. The van der Waals surface area contributed by atoms with Crippen LogP contribution < -0.4 is 4.72 Å². The highest BCUT2D eigenvalue weighted by molar-refractivity contribution is 7.84. The van der Waals surface area contributed by atoms with Gasteiger partial charge in [-0.05, 0) is 27.2 Å². The maximum Gasteiger partial charge on any atom is 0.389 e. The van der Waals surface area contributed by atoms with Gasteiger partial charge in [-0.1, -0.05) is 6.08 Å². The van der Waals surface area contributed by atoms with Crippen molar-refractivity contribution in [2.24, 2.45) is 0 Å². The number of hydrogen-bond acceptors (Lipinski definition) is 1. The monoisotopic (exact) mass is 257 g/mol. The van der Waals surface area contributed by atoms with Crippen LogP contribution in [-0.4, -0.2) is 21.2 Å². The molecule has 0 spiro atoms. The van der Waals surface area contributed by atoms with Crippen molar-refractivity contribution in [2.75, 3.05) is 0 Å². The van der Waals surface area contributed by atoms with Gasteiger partial charge >= 0.3 is 6.18 Å². The molecule has 0 fully saturated rings. The predicted octanol–water partition coefficient (Wildman–Crippen LogP) is 2.94. The van der Waals surface area contributed by atoms with Crippen LogP contribution in [0.25, 0.3) is 0 Å². The fourth-order valence-corrected chi connectivity index (χ4v) is 1.70. The fourth-order valence-electron chi connectivity index (χ4n) is 0.858. The highest BCUT2D eigenvalue weighted by Gasteiger charge is 2.29. The molecule has 0 radical (unpaired) electrons. The summed E-state index contributed by atoms with van der Waals surface area (Å²) >= 11 is 0. The Morgan fingerprint density at radius 1 is 1.38 bits per heavy atom. The standard InChI is InChI=1S/C10H18F3NOS/c1-5-8(6-7-10(11,12)13)14-16(15)9(2,3)4/h5,8,14H,1,6-7H2,2-4H3/t8-,16?/m1/s1. The summed E-state index contributed by atoms with van der Waals surface area (Å²) in [4.78, 5) is 0. The Bertz CT molecular complexity index is 258. The van der Waals surface area contributed by atoms with E-state index in [-0.39, 0.29) is 6.42 Å². The lowest BCUT2D eigenvalue weighted by Crippen LogP contribution is -2.39. The van der Waals surface area contributed by atoms with E-state index in [1.54, 1.807) is 20.8 Å². The van der Waals surface area contributed by atoms with Crippen molar-refractivity contribution in [1.82, 2.24) is 4.72 Å². The molecule has 0 aliphatic rings. The summed E-state index contributed by atoms with van der Waals surface area (Å²) in [6, 6.07) is -0.582. The summed E-state index contributed by atoms with van der Waals surface area (Å²) in [7, 11) is -1.38. The molecule has 0 amide bonds. The van der Waals surface area contributed by atoms with Gasteiger partial charge in [-0.15, -0.1) is 6.58 Å². The van der Waals surface area contributed by atoms with Crippen LogP contribution in [0.5, 0.6) is 0 Å². The first kappa shape index (κ1) is 15.6. The Morgan fingerprint density at radius 3 is 2.19 bits per heavy atom. The maximum absolute atomic E-state index is 12.0. The molecule has 16 heavy (non-hydrogen) atoms. The van der Waals surface area contributed by atoms with Crippen LogP contribution in [0.15, 0.2) is 12.7 Å². The quantitative estimate of drug-likeness (QED) is 0.754. The third kappa shape index (κ3) is 7.00. The fraction of sp³-hybridized carbons (Fsp3) is 0.800. The molecule has 2 nitrogen and oxygen atoms in total. The highest BCUT2D eigenvalue weighted by Crippen LogP contribution is 2.23. The summed E-state index contributed by atoms with van der Waals surface area (Å²) in [5.41, 5.74) is 0. The van der Waals surface area contributed by atoms with E-state index in [2.05, 4.69) is 11.3 Å². The average molecular weight is 257 g/mol. The molecule has 0 heterocycles. The van der Waals surface area contributed by atoms with Gasteiger partial charge < -0.3 is 0 Å². The van der Waals surface area contributed by atoms with Gasteiger partial charge in [-0.25, -0.2) is 8.93 Å². The smallest absolute Gasteiger partial charge is 0.242 e. The Labute approximate surface area is 96.9 Å². The van der Waals surface area contributed by atoms with Crippen LogP contribution in [0.3, 0.4) is 0 Å². The molecular formula is C10H18F3NOS. The molecule has 0 rings (SSSR count). The lowest BCUT2D eigenvalue weighted by molar-refractivity contribution is -0.135. The van der Waals surface area contributed by atoms with Crippen molar-refractivity contribution >= 4 is 11.0 Å². The third-order valence-corrected chi connectivity index (χ3v) is 3.47. The topological polar surface area (TPSA) is 29.1 Å². The number of hydrogen-bond donors (Lipinski definition) is 1. The van der Waals surface area contributed by atoms with Crippen LogP contribution in [0.1, 0.15) is 33.6 Å². The molecule has 1 unspecified atom stereocenters. The second kappa shape index (κ2) is 5.82. The van der Waals surface area contributed by atoms with Gasteiger partial charge in [0.25, 0.3) is 0 Å². The van der Waals surface area contributed by atoms with Crippen LogP contribution in [0.4, 0.5) is 13.2 Å². The van der Waals surface area contributed by atoms with Crippen molar-refractivity contribution in [2.45, 2.75) is 50.6 Å². The first-order valence-corrected chi connectivity index (χ1v) is 6.08. The Kier molecular flexibility index (Phi) is 5.69. The zero-order chi connectivity index (χ0) is 13.0. The molecule has 0 saturated carbocycles. The first-order chi connectivity index (χ1) is 7.06. The number of halogens is 3. The van der Waals surface area contributed by atoms with E-state index in [0.717, 1.165) is 0 Å². The van der Waals surface area contributed by atoms with E-state index in [1.165, 1.54) is 6.08 Å². The molecule has 6 heteroatoms. The van der Waals surface area contributed by atoms with Gasteiger partial charge in [-0.2, -0.15) is 13.2 Å². The van der Waals surface area contributed by atoms with Crippen molar-refractivity contribution in [3.05, 3.63) is 12.7 Å². The van der Waals surface area contributed by atoms with Crippen molar-refractivity contribution in [3.63, 3.8) is 0 Å². The van der Waals surface area contributed by atoms with Crippen molar-refractivity contribution in [3.8, 4) is 0 Å². The molecule has 96 valence electrons. The first-order valence-electron chi connectivity index (χ1n) is 4.93. The lowest BCUT2D eigenvalue weighted by Gasteiger charge is -2.22. The van der Waals surface area contributed by atoms with E-state index in [0.29, 0.717) is 0 Å². The molecule has 0 aromatic rings.